The number of amides is 1. The van der Waals surface area contributed by atoms with E-state index in [2.05, 4.69) is 4.72 Å². The summed E-state index contributed by atoms with van der Waals surface area (Å²) < 4.78 is 28.4. The number of Topliss-reactive ketones (excluding diaryl/α,β-unsaturated/α-hetero) is 1. The van der Waals surface area contributed by atoms with Gasteiger partial charge < -0.3 is 10.6 Å². The smallest absolute Gasteiger partial charge is 0.241 e. The predicted octanol–water partition coefficient (Wildman–Crippen LogP) is 3.35. The van der Waals surface area contributed by atoms with E-state index < -0.39 is 22.1 Å². The summed E-state index contributed by atoms with van der Waals surface area (Å²) in [6.07, 6.45) is 3.67. The van der Waals surface area contributed by atoms with E-state index in [9.17, 15) is 18.0 Å². The number of hydrogen-bond donors (Lipinski definition) is 2. The zero-order chi connectivity index (χ0) is 25.6. The van der Waals surface area contributed by atoms with Gasteiger partial charge in [0.1, 0.15) is 6.04 Å². The van der Waals surface area contributed by atoms with E-state index in [0.29, 0.717) is 49.4 Å². The van der Waals surface area contributed by atoms with Crippen LogP contribution in [0.2, 0.25) is 5.02 Å². The number of ketones is 1. The average molecular weight is 519 g/mol. The number of benzene rings is 2. The SMILES string of the molecule is CC(C)C[C@@H](NS(=O)(=O)c1ccccc1)C(=O)N1CCC[C@H]1C(=O)[CH]c1ccc(CCN)c(Cl)c1. The van der Waals surface area contributed by atoms with Gasteiger partial charge in [0.05, 0.1) is 17.4 Å². The van der Waals surface area contributed by atoms with Crippen LogP contribution in [0.1, 0.15) is 44.2 Å². The van der Waals surface area contributed by atoms with Crippen molar-refractivity contribution in [2.24, 2.45) is 11.7 Å². The molecule has 2 aromatic carbocycles. The molecule has 1 fully saturated rings. The van der Waals surface area contributed by atoms with Crippen LogP contribution in [0.4, 0.5) is 0 Å². The molecule has 1 radical (unpaired) electrons. The van der Waals surface area contributed by atoms with Crippen LogP contribution in [-0.4, -0.2) is 50.2 Å². The number of carbonyl (C=O) groups is 2. The van der Waals surface area contributed by atoms with Gasteiger partial charge >= 0.3 is 0 Å². The maximum Gasteiger partial charge on any atom is 0.241 e. The van der Waals surface area contributed by atoms with Crippen molar-refractivity contribution >= 4 is 33.3 Å². The molecular weight excluding hydrogens is 486 g/mol. The van der Waals surface area contributed by atoms with Crippen LogP contribution in [-0.2, 0) is 26.0 Å². The molecule has 0 aromatic heterocycles. The number of likely N-dealkylation sites (tertiary alicyclic amines) is 1. The number of nitrogens with one attached hydrogen (secondary N) is 1. The Hall–Kier alpha value is -2.26. The molecule has 3 rings (SSSR count). The maximum atomic E-state index is 13.5. The van der Waals surface area contributed by atoms with E-state index in [1.165, 1.54) is 23.5 Å². The summed E-state index contributed by atoms with van der Waals surface area (Å²) in [5.74, 6) is -0.508. The Morgan fingerprint density at radius 3 is 2.54 bits per heavy atom. The second-order valence-corrected chi connectivity index (χ2v) is 11.4. The molecule has 0 spiro atoms. The number of nitrogens with two attached hydrogens (primary N) is 1. The van der Waals surface area contributed by atoms with Gasteiger partial charge in [-0.3, -0.25) is 9.59 Å². The van der Waals surface area contributed by atoms with Gasteiger partial charge in [0.15, 0.2) is 5.78 Å². The molecule has 0 aliphatic carbocycles. The predicted molar refractivity (Wildman–Crippen MR) is 137 cm³/mol. The summed E-state index contributed by atoms with van der Waals surface area (Å²) in [4.78, 5) is 28.3. The molecular formula is C26H33ClN3O4S. The minimum atomic E-state index is -3.89. The lowest BCUT2D eigenvalue weighted by Gasteiger charge is -2.29. The highest BCUT2D eigenvalue weighted by atomic mass is 35.5. The van der Waals surface area contributed by atoms with Gasteiger partial charge in [-0.05, 0) is 67.5 Å². The fourth-order valence-corrected chi connectivity index (χ4v) is 5.83. The number of carbonyl (C=O) groups excluding carboxylic acids is 2. The molecule has 35 heavy (non-hydrogen) atoms. The Labute approximate surface area is 213 Å². The Morgan fingerprint density at radius 2 is 1.91 bits per heavy atom. The number of sulfonamides is 1. The van der Waals surface area contributed by atoms with Crippen molar-refractivity contribution in [1.29, 1.82) is 0 Å². The van der Waals surface area contributed by atoms with Crippen molar-refractivity contribution in [2.45, 2.75) is 56.5 Å². The lowest BCUT2D eigenvalue weighted by Crippen LogP contribution is -2.52. The highest BCUT2D eigenvalue weighted by Gasteiger charge is 2.38. The van der Waals surface area contributed by atoms with Gasteiger partial charge in [-0.1, -0.05) is 55.8 Å². The number of rotatable bonds is 11. The van der Waals surface area contributed by atoms with Crippen LogP contribution in [0, 0.1) is 12.3 Å². The minimum absolute atomic E-state index is 0.0694. The van der Waals surface area contributed by atoms with Gasteiger partial charge in [-0.15, -0.1) is 0 Å². The van der Waals surface area contributed by atoms with Gasteiger partial charge in [-0.2, -0.15) is 4.72 Å². The first-order valence-electron chi connectivity index (χ1n) is 11.9. The number of hydrogen-bond acceptors (Lipinski definition) is 5. The average Bonchev–Trinajstić information content (AvgIpc) is 3.30. The summed E-state index contributed by atoms with van der Waals surface area (Å²) in [7, 11) is -3.89. The molecule has 2 aromatic rings. The third-order valence-corrected chi connectivity index (χ3v) is 7.86. The molecule has 0 unspecified atom stereocenters. The molecule has 1 aliphatic heterocycles. The Bertz CT molecular complexity index is 1140. The zero-order valence-corrected chi connectivity index (χ0v) is 21.7. The van der Waals surface area contributed by atoms with Crippen LogP contribution in [0.3, 0.4) is 0 Å². The second kappa shape index (κ2) is 12.1. The van der Waals surface area contributed by atoms with Gasteiger partial charge in [-0.25, -0.2) is 8.42 Å². The minimum Gasteiger partial charge on any atom is -0.331 e. The highest BCUT2D eigenvalue weighted by molar-refractivity contribution is 7.89. The molecule has 1 saturated heterocycles. The van der Waals surface area contributed by atoms with E-state index in [-0.39, 0.29) is 22.5 Å². The van der Waals surface area contributed by atoms with E-state index in [0.717, 1.165) is 5.56 Å². The first-order valence-corrected chi connectivity index (χ1v) is 13.7. The van der Waals surface area contributed by atoms with E-state index >= 15 is 0 Å². The van der Waals surface area contributed by atoms with Crippen molar-refractivity contribution in [3.05, 3.63) is 71.1 Å². The van der Waals surface area contributed by atoms with E-state index in [1.54, 1.807) is 24.3 Å². The van der Waals surface area contributed by atoms with Crippen molar-refractivity contribution in [3.63, 3.8) is 0 Å². The quantitative estimate of drug-likeness (QED) is 0.474. The Kier molecular flexibility index (Phi) is 9.47. The monoisotopic (exact) mass is 518 g/mol. The van der Waals surface area contributed by atoms with Crippen LogP contribution in [0.25, 0.3) is 0 Å². The molecule has 7 nitrogen and oxygen atoms in total. The second-order valence-electron chi connectivity index (χ2n) is 9.24. The van der Waals surface area contributed by atoms with Crippen LogP contribution < -0.4 is 10.5 Å². The molecule has 189 valence electrons. The Balaban J connectivity index is 1.76. The van der Waals surface area contributed by atoms with Gasteiger partial charge in [0, 0.05) is 11.6 Å². The lowest BCUT2D eigenvalue weighted by atomic mass is 9.99. The topological polar surface area (TPSA) is 110 Å². The summed E-state index contributed by atoms with van der Waals surface area (Å²) in [6.45, 7) is 4.73. The molecule has 0 bridgehead atoms. The number of nitrogens with zero attached hydrogens (tertiary/aromatic N) is 1. The number of halogens is 1. The molecule has 3 N–H and O–H groups in total. The summed E-state index contributed by atoms with van der Waals surface area (Å²) in [5, 5.41) is 0.545. The standard InChI is InChI=1S/C26H33ClN3O4S/c1-18(2)15-23(29-35(33,34)21-7-4-3-5-8-21)26(32)30-14-6-9-24(30)25(31)17-19-10-11-20(12-13-28)22(27)16-19/h3-5,7-8,10-11,16-18,23-24,29H,6,9,12-15,28H2,1-2H3/t23-,24+/m1/s1. The summed E-state index contributed by atoms with van der Waals surface area (Å²) >= 11 is 6.32. The molecule has 1 heterocycles. The van der Waals surface area contributed by atoms with E-state index in [1.807, 2.05) is 26.0 Å². The largest absolute Gasteiger partial charge is 0.331 e. The van der Waals surface area contributed by atoms with Gasteiger partial charge in [0.2, 0.25) is 15.9 Å². The molecule has 1 amide bonds. The van der Waals surface area contributed by atoms with Crippen LogP contribution in [0.15, 0.2) is 53.4 Å². The maximum absolute atomic E-state index is 13.5. The highest BCUT2D eigenvalue weighted by Crippen LogP contribution is 2.25. The fourth-order valence-electron chi connectivity index (χ4n) is 4.32. The summed E-state index contributed by atoms with van der Waals surface area (Å²) in [5.41, 5.74) is 7.17. The fraction of sp³-hybridized carbons (Fsp3) is 0.423. The summed E-state index contributed by atoms with van der Waals surface area (Å²) in [6, 6.07) is 11.8. The lowest BCUT2D eigenvalue weighted by molar-refractivity contribution is -0.138. The van der Waals surface area contributed by atoms with Crippen LogP contribution >= 0.6 is 11.6 Å². The normalized spacial score (nSPS) is 17.1. The van der Waals surface area contributed by atoms with Crippen molar-refractivity contribution < 1.29 is 18.0 Å². The van der Waals surface area contributed by atoms with Crippen molar-refractivity contribution in [3.8, 4) is 0 Å². The molecule has 0 saturated carbocycles. The van der Waals surface area contributed by atoms with Crippen molar-refractivity contribution in [2.75, 3.05) is 13.1 Å². The molecule has 9 heteroatoms. The third-order valence-electron chi connectivity index (χ3n) is 6.02. The first kappa shape index (κ1) is 27.3. The zero-order valence-electron chi connectivity index (χ0n) is 20.1. The van der Waals surface area contributed by atoms with Gasteiger partial charge in [0.25, 0.3) is 0 Å². The first-order chi connectivity index (χ1) is 16.6. The van der Waals surface area contributed by atoms with Crippen molar-refractivity contribution in [1.82, 2.24) is 9.62 Å². The third kappa shape index (κ3) is 7.13. The van der Waals surface area contributed by atoms with E-state index in [4.69, 9.17) is 17.3 Å². The van der Waals surface area contributed by atoms with Crippen LogP contribution in [0.5, 0.6) is 0 Å². The molecule has 2 atom stereocenters. The molecule has 1 aliphatic rings. The Morgan fingerprint density at radius 1 is 1.20 bits per heavy atom.